The van der Waals surface area contributed by atoms with Gasteiger partial charge in [0.05, 0.1) is 26.5 Å². The van der Waals surface area contributed by atoms with Crippen LogP contribution in [0.2, 0.25) is 0 Å². The summed E-state index contributed by atoms with van der Waals surface area (Å²) in [6.45, 7) is 2.16. The van der Waals surface area contributed by atoms with Crippen LogP contribution in [0.3, 0.4) is 0 Å². The van der Waals surface area contributed by atoms with Crippen molar-refractivity contribution in [3.05, 3.63) is 23.8 Å². The first-order chi connectivity index (χ1) is 12.5. The van der Waals surface area contributed by atoms with Gasteiger partial charge in [0.25, 0.3) is 0 Å². The van der Waals surface area contributed by atoms with Crippen LogP contribution in [0.15, 0.2) is 18.2 Å². The summed E-state index contributed by atoms with van der Waals surface area (Å²) in [6, 6.07) is 5.64. The van der Waals surface area contributed by atoms with Crippen molar-refractivity contribution in [1.29, 1.82) is 0 Å². The molecule has 0 radical (unpaired) electrons. The van der Waals surface area contributed by atoms with Gasteiger partial charge in [-0.1, -0.05) is 18.9 Å². The van der Waals surface area contributed by atoms with Crippen LogP contribution in [0.5, 0.6) is 5.75 Å². The number of ether oxygens (including phenoxy) is 2. The molecule has 0 unspecified atom stereocenters. The summed E-state index contributed by atoms with van der Waals surface area (Å²) in [5.41, 5.74) is 1.70. The Labute approximate surface area is 154 Å². The number of nitrogens with zero attached hydrogens (tertiary/aromatic N) is 1. The molecule has 1 aromatic carbocycles. The van der Waals surface area contributed by atoms with Crippen LogP contribution in [-0.2, 0) is 14.3 Å². The summed E-state index contributed by atoms with van der Waals surface area (Å²) >= 11 is 0. The Morgan fingerprint density at radius 3 is 2.73 bits per heavy atom. The predicted molar refractivity (Wildman–Crippen MR) is 99.2 cm³/mol. The average molecular weight is 360 g/mol. The van der Waals surface area contributed by atoms with E-state index in [1.54, 1.807) is 7.11 Å². The van der Waals surface area contributed by atoms with Crippen molar-refractivity contribution in [2.45, 2.75) is 51.1 Å². The lowest BCUT2D eigenvalue weighted by Crippen LogP contribution is -2.46. The molecule has 1 heterocycles. The summed E-state index contributed by atoms with van der Waals surface area (Å²) in [6.07, 6.45) is 5.31. The molecule has 6 nitrogen and oxygen atoms in total. The van der Waals surface area contributed by atoms with E-state index >= 15 is 0 Å². The third kappa shape index (κ3) is 3.85. The highest BCUT2D eigenvalue weighted by Crippen LogP contribution is 2.40. The number of esters is 1. The highest BCUT2D eigenvalue weighted by Gasteiger charge is 2.46. The molecule has 0 aromatic heterocycles. The van der Waals surface area contributed by atoms with Gasteiger partial charge in [0.1, 0.15) is 11.8 Å². The molecule has 26 heavy (non-hydrogen) atoms. The standard InChI is InChI=1S/C20H28N2O4/c1-13-8-9-18(25-2)15(10-13)21-19(23)12-22-16-7-5-4-6-14(16)11-17(22)20(24)26-3/h8-10,14,16-17H,4-7,11-12H2,1-3H3,(H,21,23)/t14-,16-,17-/m0/s1. The summed E-state index contributed by atoms with van der Waals surface area (Å²) in [4.78, 5) is 27.0. The Morgan fingerprint density at radius 1 is 1.23 bits per heavy atom. The van der Waals surface area contributed by atoms with Crippen LogP contribution < -0.4 is 10.1 Å². The third-order valence-electron chi connectivity index (χ3n) is 5.65. The fourth-order valence-electron chi connectivity index (χ4n) is 4.42. The fourth-order valence-corrected chi connectivity index (χ4v) is 4.42. The zero-order valence-corrected chi connectivity index (χ0v) is 15.8. The molecule has 0 bridgehead atoms. The number of carbonyl (C=O) groups is 2. The highest BCUT2D eigenvalue weighted by atomic mass is 16.5. The van der Waals surface area contributed by atoms with Crippen LogP contribution in [0.1, 0.15) is 37.7 Å². The number of amides is 1. The molecule has 0 spiro atoms. The van der Waals surface area contributed by atoms with Crippen molar-refractivity contribution >= 4 is 17.6 Å². The SMILES string of the molecule is COC(=O)[C@@H]1C[C@@H]2CCCC[C@@H]2N1CC(=O)Nc1cc(C)ccc1OC. The van der Waals surface area contributed by atoms with Crippen molar-refractivity contribution in [2.24, 2.45) is 5.92 Å². The molecule has 6 heteroatoms. The van der Waals surface area contributed by atoms with E-state index in [0.717, 1.165) is 31.2 Å². The monoisotopic (exact) mass is 360 g/mol. The van der Waals surface area contributed by atoms with Gasteiger partial charge < -0.3 is 14.8 Å². The van der Waals surface area contributed by atoms with E-state index in [1.807, 2.05) is 30.0 Å². The second-order valence-electron chi connectivity index (χ2n) is 7.31. The summed E-state index contributed by atoms with van der Waals surface area (Å²) in [7, 11) is 3.00. The predicted octanol–water partition coefficient (Wildman–Crippen LogP) is 2.75. The molecule has 1 saturated carbocycles. The number of methoxy groups -OCH3 is 2. The Morgan fingerprint density at radius 2 is 2.00 bits per heavy atom. The van der Waals surface area contributed by atoms with Crippen molar-refractivity contribution in [1.82, 2.24) is 4.90 Å². The topological polar surface area (TPSA) is 67.9 Å². The third-order valence-corrected chi connectivity index (χ3v) is 5.65. The van der Waals surface area contributed by atoms with E-state index in [-0.39, 0.29) is 30.5 Å². The molecule has 3 atom stereocenters. The van der Waals surface area contributed by atoms with E-state index in [4.69, 9.17) is 9.47 Å². The molecule has 1 saturated heterocycles. The minimum atomic E-state index is -0.321. The number of anilines is 1. The van der Waals surface area contributed by atoms with Crippen molar-refractivity contribution in [3.63, 3.8) is 0 Å². The number of likely N-dealkylation sites (tertiary alicyclic amines) is 1. The lowest BCUT2D eigenvalue weighted by molar-refractivity contribution is -0.146. The van der Waals surface area contributed by atoms with Gasteiger partial charge in [-0.3, -0.25) is 14.5 Å². The Bertz CT molecular complexity index is 676. The molecule has 1 aromatic rings. The zero-order chi connectivity index (χ0) is 18.7. The van der Waals surface area contributed by atoms with E-state index in [1.165, 1.54) is 13.5 Å². The van der Waals surface area contributed by atoms with Gasteiger partial charge in [-0.15, -0.1) is 0 Å². The maximum Gasteiger partial charge on any atom is 0.323 e. The van der Waals surface area contributed by atoms with Gasteiger partial charge in [0.15, 0.2) is 0 Å². The van der Waals surface area contributed by atoms with Crippen LogP contribution in [-0.4, -0.2) is 49.6 Å². The number of fused-ring (bicyclic) bond motifs is 1. The normalized spacial score (nSPS) is 25.4. The van der Waals surface area contributed by atoms with Crippen LogP contribution in [0.4, 0.5) is 5.69 Å². The Hall–Kier alpha value is -2.08. The van der Waals surface area contributed by atoms with Gasteiger partial charge in [-0.05, 0) is 49.8 Å². The first-order valence-corrected chi connectivity index (χ1v) is 9.31. The number of carbonyl (C=O) groups excluding carboxylic acids is 2. The minimum Gasteiger partial charge on any atom is -0.495 e. The Balaban J connectivity index is 1.73. The summed E-state index contributed by atoms with van der Waals surface area (Å²) in [5, 5.41) is 2.94. The molecule has 2 fully saturated rings. The first-order valence-electron chi connectivity index (χ1n) is 9.31. The molecule has 1 aliphatic heterocycles. The lowest BCUT2D eigenvalue weighted by Gasteiger charge is -2.32. The number of rotatable bonds is 5. The van der Waals surface area contributed by atoms with Crippen LogP contribution in [0, 0.1) is 12.8 Å². The molecule has 1 N–H and O–H groups in total. The molecule has 3 rings (SSSR count). The van der Waals surface area contributed by atoms with E-state index < -0.39 is 0 Å². The quantitative estimate of drug-likeness (QED) is 0.818. The van der Waals surface area contributed by atoms with Gasteiger partial charge in [0, 0.05) is 6.04 Å². The van der Waals surface area contributed by atoms with Crippen molar-refractivity contribution < 1.29 is 19.1 Å². The molecule has 142 valence electrons. The first kappa shape index (κ1) is 18.7. The van der Waals surface area contributed by atoms with Crippen LogP contribution >= 0.6 is 0 Å². The number of hydrogen-bond acceptors (Lipinski definition) is 5. The van der Waals surface area contributed by atoms with E-state index in [0.29, 0.717) is 17.4 Å². The van der Waals surface area contributed by atoms with Crippen LogP contribution in [0.25, 0.3) is 0 Å². The molecular formula is C20H28N2O4. The second-order valence-corrected chi connectivity index (χ2v) is 7.31. The van der Waals surface area contributed by atoms with Crippen molar-refractivity contribution in [3.8, 4) is 5.75 Å². The number of aryl methyl sites for hydroxylation is 1. The Kier molecular flexibility index (Phi) is 5.81. The number of benzene rings is 1. The largest absolute Gasteiger partial charge is 0.495 e. The molecule has 2 aliphatic rings. The zero-order valence-electron chi connectivity index (χ0n) is 15.8. The lowest BCUT2D eigenvalue weighted by atomic mass is 9.85. The summed E-state index contributed by atoms with van der Waals surface area (Å²) in [5.74, 6) is 0.744. The van der Waals surface area contributed by atoms with Gasteiger partial charge >= 0.3 is 5.97 Å². The van der Waals surface area contributed by atoms with Gasteiger partial charge in [-0.2, -0.15) is 0 Å². The van der Waals surface area contributed by atoms with Gasteiger partial charge in [0.2, 0.25) is 5.91 Å². The highest BCUT2D eigenvalue weighted by molar-refractivity contribution is 5.94. The average Bonchev–Trinajstić information content (AvgIpc) is 3.00. The van der Waals surface area contributed by atoms with Gasteiger partial charge in [-0.25, -0.2) is 0 Å². The van der Waals surface area contributed by atoms with Crippen molar-refractivity contribution in [2.75, 3.05) is 26.1 Å². The smallest absolute Gasteiger partial charge is 0.323 e. The number of hydrogen-bond donors (Lipinski definition) is 1. The molecule has 1 aliphatic carbocycles. The maximum atomic E-state index is 12.7. The molecule has 1 amide bonds. The fraction of sp³-hybridized carbons (Fsp3) is 0.600. The maximum absolute atomic E-state index is 12.7. The van der Waals surface area contributed by atoms with E-state index in [9.17, 15) is 9.59 Å². The minimum absolute atomic E-state index is 0.131. The molecular weight excluding hydrogens is 332 g/mol. The second kappa shape index (κ2) is 8.08. The van der Waals surface area contributed by atoms with E-state index in [2.05, 4.69) is 5.32 Å². The number of nitrogens with one attached hydrogen (secondary N) is 1. The summed E-state index contributed by atoms with van der Waals surface area (Å²) < 4.78 is 10.3.